The predicted octanol–water partition coefficient (Wildman–Crippen LogP) is 6.68. The number of halogens is 5. The lowest BCUT2D eigenvalue weighted by atomic mass is 10.00. The minimum Gasteiger partial charge on any atom is -0.494 e. The molecule has 7 nitrogen and oxygen atoms in total. The molecule has 3 aromatic carbocycles. The number of benzene rings is 3. The lowest BCUT2D eigenvalue weighted by molar-refractivity contribution is -0.140. The van der Waals surface area contributed by atoms with Crippen LogP contribution >= 0.6 is 0 Å². The average Bonchev–Trinajstić information content (AvgIpc) is 3.36. The topological polar surface area (TPSA) is 81.5 Å². The van der Waals surface area contributed by atoms with Gasteiger partial charge in [0.25, 0.3) is 0 Å². The molecule has 45 heavy (non-hydrogen) atoms. The number of sulfone groups is 1. The Balaban J connectivity index is 1.56. The molecule has 0 radical (unpaired) electrons. The van der Waals surface area contributed by atoms with Crippen LogP contribution in [0, 0.1) is 17.6 Å². The molecule has 13 heteroatoms. The number of nitrogens with zero attached hydrogens (tertiary/aromatic N) is 3. The Morgan fingerprint density at radius 3 is 2.38 bits per heavy atom. The van der Waals surface area contributed by atoms with Crippen LogP contribution in [0.4, 0.5) is 22.0 Å². The van der Waals surface area contributed by atoms with E-state index in [1.54, 1.807) is 41.8 Å². The van der Waals surface area contributed by atoms with Crippen molar-refractivity contribution in [3.05, 3.63) is 89.2 Å². The van der Waals surface area contributed by atoms with E-state index in [-0.39, 0.29) is 29.5 Å². The summed E-state index contributed by atoms with van der Waals surface area (Å²) in [4.78, 5) is 20.1. The van der Waals surface area contributed by atoms with Crippen LogP contribution < -0.4 is 4.74 Å². The fraction of sp³-hybridized carbons (Fsp3) is 0.375. The number of fused-ring (bicyclic) bond motifs is 1. The third kappa shape index (κ3) is 7.29. The summed E-state index contributed by atoms with van der Waals surface area (Å²) in [5.74, 6) is -1.77. The highest BCUT2D eigenvalue weighted by Crippen LogP contribution is 2.34. The van der Waals surface area contributed by atoms with Gasteiger partial charge in [-0.25, -0.2) is 22.2 Å². The van der Waals surface area contributed by atoms with Gasteiger partial charge in [0.15, 0.2) is 0 Å². The molecule has 1 aromatic heterocycles. The Morgan fingerprint density at radius 1 is 1.04 bits per heavy atom. The summed E-state index contributed by atoms with van der Waals surface area (Å²) in [6.45, 7) is 4.15. The molecule has 0 saturated carbocycles. The molecule has 1 saturated heterocycles. The quantitative estimate of drug-likeness (QED) is 0.189. The number of ether oxygens (including phenoxy) is 1. The smallest absolute Gasteiger partial charge is 0.419 e. The van der Waals surface area contributed by atoms with Gasteiger partial charge in [0, 0.05) is 18.3 Å². The molecule has 1 aliphatic heterocycles. The van der Waals surface area contributed by atoms with E-state index in [2.05, 4.69) is 0 Å². The highest BCUT2D eigenvalue weighted by atomic mass is 32.2. The first-order valence-corrected chi connectivity index (χ1v) is 16.3. The van der Waals surface area contributed by atoms with Gasteiger partial charge in [0.2, 0.25) is 5.91 Å². The zero-order valence-electron chi connectivity index (χ0n) is 24.7. The minimum absolute atomic E-state index is 0.0285. The van der Waals surface area contributed by atoms with E-state index in [1.165, 1.54) is 17.0 Å². The van der Waals surface area contributed by atoms with Gasteiger partial charge in [-0.1, -0.05) is 6.07 Å². The van der Waals surface area contributed by atoms with E-state index in [4.69, 9.17) is 9.72 Å². The van der Waals surface area contributed by atoms with E-state index < -0.39 is 51.6 Å². The Labute approximate surface area is 257 Å². The van der Waals surface area contributed by atoms with Crippen molar-refractivity contribution >= 4 is 26.8 Å². The second kappa shape index (κ2) is 12.8. The first kappa shape index (κ1) is 32.4. The molecule has 0 N–H and O–H groups in total. The zero-order valence-corrected chi connectivity index (χ0v) is 25.5. The van der Waals surface area contributed by atoms with Gasteiger partial charge in [0.1, 0.15) is 33.0 Å². The van der Waals surface area contributed by atoms with Crippen molar-refractivity contribution in [2.45, 2.75) is 45.3 Å². The van der Waals surface area contributed by atoms with Gasteiger partial charge in [-0.05, 0) is 86.7 Å². The van der Waals surface area contributed by atoms with Crippen LogP contribution in [0.25, 0.3) is 16.7 Å². The lowest BCUT2D eigenvalue weighted by Crippen LogP contribution is -2.41. The molecular formula is C32H32F5N3O4S. The first-order valence-electron chi connectivity index (χ1n) is 14.5. The maximum Gasteiger partial charge on any atom is 0.419 e. The normalized spacial score (nSPS) is 16.1. The number of carbonyl (C=O) groups is 1. The second-order valence-electron chi connectivity index (χ2n) is 11.2. The highest BCUT2D eigenvalue weighted by molar-refractivity contribution is 7.91. The van der Waals surface area contributed by atoms with Gasteiger partial charge < -0.3 is 9.64 Å². The van der Waals surface area contributed by atoms with E-state index in [1.807, 2.05) is 6.92 Å². The number of carbonyl (C=O) groups excluding carboxylic acids is 1. The number of hydrogen-bond acceptors (Lipinski definition) is 5. The van der Waals surface area contributed by atoms with Crippen molar-refractivity contribution in [1.82, 2.24) is 14.5 Å². The average molecular weight is 650 g/mol. The standard InChI is InChI=1S/C32H32F5N3O4S/c1-3-44-25-8-6-24(7-9-25)40-29-11-5-23(33)18-28(29)38-31(40)20(2)39(19-21-12-14-45(42,43)15-13-21)30(41)17-22-4-10-27(34)26(16-22)32(35,36)37/h4-11,16,18,20-21H,3,12-15,17,19H2,1-2H3. The number of imidazole rings is 1. The third-order valence-corrected chi connectivity index (χ3v) is 9.75. The van der Waals surface area contributed by atoms with Gasteiger partial charge in [0.05, 0.1) is 47.2 Å². The molecule has 1 aliphatic rings. The van der Waals surface area contributed by atoms with Crippen molar-refractivity contribution in [3.63, 3.8) is 0 Å². The summed E-state index contributed by atoms with van der Waals surface area (Å²) in [6.07, 6.45) is -4.78. The zero-order chi connectivity index (χ0) is 32.5. The summed E-state index contributed by atoms with van der Waals surface area (Å²) >= 11 is 0. The summed E-state index contributed by atoms with van der Waals surface area (Å²) in [6, 6.07) is 12.9. The molecule has 0 aliphatic carbocycles. The van der Waals surface area contributed by atoms with Crippen LogP contribution in [0.2, 0.25) is 0 Å². The Bertz CT molecular complexity index is 1790. The molecule has 5 rings (SSSR count). The number of alkyl halides is 3. The fourth-order valence-electron chi connectivity index (χ4n) is 5.67. The molecule has 1 fully saturated rings. The van der Waals surface area contributed by atoms with Crippen LogP contribution in [-0.4, -0.2) is 53.4 Å². The van der Waals surface area contributed by atoms with E-state index in [0.717, 1.165) is 6.07 Å². The van der Waals surface area contributed by atoms with Crippen LogP contribution in [0.1, 0.15) is 49.7 Å². The van der Waals surface area contributed by atoms with Crippen molar-refractivity contribution in [3.8, 4) is 11.4 Å². The molecule has 240 valence electrons. The minimum atomic E-state index is -4.94. The Morgan fingerprint density at radius 2 is 1.73 bits per heavy atom. The summed E-state index contributed by atoms with van der Waals surface area (Å²) in [5, 5.41) is 0. The molecule has 1 unspecified atom stereocenters. The summed E-state index contributed by atoms with van der Waals surface area (Å²) < 4.78 is 100. The van der Waals surface area contributed by atoms with E-state index >= 15 is 0 Å². The fourth-order valence-corrected chi connectivity index (χ4v) is 7.26. The van der Waals surface area contributed by atoms with Crippen molar-refractivity contribution in [2.75, 3.05) is 24.7 Å². The van der Waals surface area contributed by atoms with Crippen molar-refractivity contribution in [2.24, 2.45) is 5.92 Å². The van der Waals surface area contributed by atoms with Crippen LogP contribution in [-0.2, 0) is 27.2 Å². The molecule has 1 atom stereocenters. The van der Waals surface area contributed by atoms with Crippen molar-refractivity contribution < 1.29 is 39.9 Å². The molecule has 0 bridgehead atoms. The number of amides is 1. The Hall–Kier alpha value is -4.00. The lowest BCUT2D eigenvalue weighted by Gasteiger charge is -2.34. The van der Waals surface area contributed by atoms with E-state index in [9.17, 15) is 35.2 Å². The van der Waals surface area contributed by atoms with E-state index in [0.29, 0.717) is 59.9 Å². The first-order chi connectivity index (χ1) is 21.3. The summed E-state index contributed by atoms with van der Waals surface area (Å²) in [5.41, 5.74) is 0.0459. The number of aromatic nitrogens is 2. The van der Waals surface area contributed by atoms with Crippen LogP contribution in [0.15, 0.2) is 60.7 Å². The SMILES string of the molecule is CCOc1ccc(-n2c(C(C)N(CC3CCS(=O)(=O)CC3)C(=O)Cc3ccc(F)c(C(F)(F)F)c3)nc3cc(F)ccc32)cc1. The predicted molar refractivity (Wildman–Crippen MR) is 159 cm³/mol. The van der Waals surface area contributed by atoms with Crippen LogP contribution in [0.3, 0.4) is 0 Å². The highest BCUT2D eigenvalue weighted by Gasteiger charge is 2.35. The molecule has 4 aromatic rings. The van der Waals surface area contributed by atoms with Gasteiger partial charge in [-0.15, -0.1) is 0 Å². The Kier molecular flexibility index (Phi) is 9.20. The van der Waals surface area contributed by atoms with Gasteiger partial charge in [-0.3, -0.25) is 9.36 Å². The molecular weight excluding hydrogens is 617 g/mol. The van der Waals surface area contributed by atoms with Crippen LogP contribution in [0.5, 0.6) is 5.75 Å². The maximum absolute atomic E-state index is 14.3. The third-order valence-electron chi connectivity index (χ3n) is 8.03. The second-order valence-corrected chi connectivity index (χ2v) is 13.5. The molecule has 0 spiro atoms. The maximum atomic E-state index is 14.3. The number of rotatable bonds is 9. The van der Waals surface area contributed by atoms with Crippen molar-refractivity contribution in [1.29, 1.82) is 0 Å². The summed E-state index contributed by atoms with van der Waals surface area (Å²) in [7, 11) is -3.20. The molecule has 1 amide bonds. The molecule has 2 heterocycles. The number of hydrogen-bond donors (Lipinski definition) is 0. The van der Waals surface area contributed by atoms with Gasteiger partial charge in [-0.2, -0.15) is 13.2 Å². The van der Waals surface area contributed by atoms with Gasteiger partial charge >= 0.3 is 6.18 Å². The largest absolute Gasteiger partial charge is 0.494 e. The monoisotopic (exact) mass is 649 g/mol.